The highest BCUT2D eigenvalue weighted by molar-refractivity contribution is 7.89. The smallest absolute Gasteiger partial charge is 0.260 e. The Kier molecular flexibility index (Phi) is 5.55. The van der Waals surface area contributed by atoms with Crippen molar-refractivity contribution in [2.45, 2.75) is 50.3 Å². The van der Waals surface area contributed by atoms with Gasteiger partial charge in [0.2, 0.25) is 0 Å². The maximum atomic E-state index is 12.4. The van der Waals surface area contributed by atoms with Crippen LogP contribution in [-0.2, 0) is 14.8 Å². The molecule has 1 aliphatic carbocycles. The lowest BCUT2D eigenvalue weighted by Crippen LogP contribution is -2.47. The van der Waals surface area contributed by atoms with E-state index in [4.69, 9.17) is 4.74 Å². The van der Waals surface area contributed by atoms with E-state index in [-0.39, 0.29) is 17.2 Å². The number of hydrogen-bond donors (Lipinski definition) is 2. The first-order valence-electron chi connectivity index (χ1n) is 7.39. The molecule has 118 valence electrons. The highest BCUT2D eigenvalue weighted by Gasteiger charge is 2.34. The second-order valence-corrected chi connectivity index (χ2v) is 6.78. The van der Waals surface area contributed by atoms with E-state index < -0.39 is 10.0 Å². The molecule has 2 N–H and O–H groups in total. The molecule has 6 nitrogen and oxygen atoms in total. The van der Waals surface area contributed by atoms with Crippen molar-refractivity contribution in [3.8, 4) is 0 Å². The summed E-state index contributed by atoms with van der Waals surface area (Å²) in [6.45, 7) is 5.34. The zero-order chi connectivity index (χ0) is 15.3. The van der Waals surface area contributed by atoms with E-state index in [1.165, 1.54) is 6.20 Å². The highest BCUT2D eigenvalue weighted by atomic mass is 32.2. The molecule has 0 bridgehead atoms. The van der Waals surface area contributed by atoms with Gasteiger partial charge in [-0.3, -0.25) is 0 Å². The minimum absolute atomic E-state index is 0.0624. The number of hydrogen-bond acceptors (Lipinski definition) is 5. The fraction of sp³-hybridized carbons (Fsp3) is 0.643. The van der Waals surface area contributed by atoms with Crippen LogP contribution >= 0.6 is 0 Å². The lowest BCUT2D eigenvalue weighted by molar-refractivity contribution is -0.00476. The average Bonchev–Trinajstić information content (AvgIpc) is 2.43. The summed E-state index contributed by atoms with van der Waals surface area (Å²) in [6.07, 6.45) is 4.02. The Labute approximate surface area is 126 Å². The maximum Gasteiger partial charge on any atom is 0.260 e. The van der Waals surface area contributed by atoms with E-state index in [0.717, 1.165) is 19.3 Å². The number of ether oxygens (including phenoxy) is 1. The molecular weight excluding hydrogens is 290 g/mol. The van der Waals surface area contributed by atoms with Crippen molar-refractivity contribution < 1.29 is 13.2 Å². The van der Waals surface area contributed by atoms with Crippen LogP contribution in [0.4, 0.5) is 5.69 Å². The average molecular weight is 313 g/mol. The Hall–Kier alpha value is -1.18. The van der Waals surface area contributed by atoms with Gasteiger partial charge in [0.15, 0.2) is 5.03 Å². The lowest BCUT2D eigenvalue weighted by Gasteiger charge is -2.35. The predicted octanol–water partition coefficient (Wildman–Crippen LogP) is 1.75. The van der Waals surface area contributed by atoms with Crippen LogP contribution in [0.3, 0.4) is 0 Å². The number of rotatable bonds is 8. The Morgan fingerprint density at radius 3 is 2.81 bits per heavy atom. The molecule has 1 aliphatic rings. The molecule has 0 saturated heterocycles. The molecule has 7 heteroatoms. The van der Waals surface area contributed by atoms with Gasteiger partial charge >= 0.3 is 0 Å². The van der Waals surface area contributed by atoms with E-state index >= 15 is 0 Å². The SMILES string of the molecule is CCCNc1cccnc1S(=O)(=O)NC1CC(OCC)C1. The molecule has 1 saturated carbocycles. The Morgan fingerprint density at radius 2 is 2.14 bits per heavy atom. The van der Waals surface area contributed by atoms with Gasteiger partial charge in [-0.05, 0) is 38.3 Å². The third kappa shape index (κ3) is 4.15. The summed E-state index contributed by atoms with van der Waals surface area (Å²) in [5.41, 5.74) is 0.549. The molecule has 0 amide bonds. The zero-order valence-corrected chi connectivity index (χ0v) is 13.3. The molecule has 1 aromatic heterocycles. The summed E-state index contributed by atoms with van der Waals surface area (Å²) in [7, 11) is -3.60. The van der Waals surface area contributed by atoms with Crippen LogP contribution in [0.25, 0.3) is 0 Å². The molecule has 0 aliphatic heterocycles. The van der Waals surface area contributed by atoms with Gasteiger partial charge in [0.05, 0.1) is 11.8 Å². The standard InChI is InChI=1S/C14H23N3O3S/c1-3-7-15-13-6-5-8-16-14(13)21(18,19)17-11-9-12(10-11)20-4-2/h5-6,8,11-12,15,17H,3-4,7,9-10H2,1-2H3. The van der Waals surface area contributed by atoms with Crippen LogP contribution < -0.4 is 10.0 Å². The Bertz CT molecular complexity index is 556. The van der Waals surface area contributed by atoms with Crippen LogP contribution in [0.15, 0.2) is 23.4 Å². The maximum absolute atomic E-state index is 12.4. The van der Waals surface area contributed by atoms with Crippen LogP contribution in [0.1, 0.15) is 33.1 Å². The number of aromatic nitrogens is 1. The summed E-state index contributed by atoms with van der Waals surface area (Å²) >= 11 is 0. The molecule has 0 unspecified atom stereocenters. The van der Waals surface area contributed by atoms with Gasteiger partial charge in [-0.15, -0.1) is 0 Å². The summed E-state index contributed by atoms with van der Waals surface area (Å²) < 4.78 is 33.0. The van der Waals surface area contributed by atoms with Gasteiger partial charge < -0.3 is 10.1 Å². The molecule has 0 atom stereocenters. The van der Waals surface area contributed by atoms with Gasteiger partial charge in [0.25, 0.3) is 10.0 Å². The molecule has 21 heavy (non-hydrogen) atoms. The van der Waals surface area contributed by atoms with Crippen molar-refractivity contribution in [1.29, 1.82) is 0 Å². The number of sulfonamides is 1. The fourth-order valence-electron chi connectivity index (χ4n) is 2.31. The van der Waals surface area contributed by atoms with E-state index in [1.54, 1.807) is 12.1 Å². The molecular formula is C14H23N3O3S. The third-order valence-electron chi connectivity index (χ3n) is 3.41. The van der Waals surface area contributed by atoms with Gasteiger partial charge in [-0.25, -0.2) is 18.1 Å². The van der Waals surface area contributed by atoms with Crippen molar-refractivity contribution >= 4 is 15.7 Å². The van der Waals surface area contributed by atoms with E-state index in [9.17, 15) is 8.42 Å². The Balaban J connectivity index is 2.03. The number of anilines is 1. The normalized spacial score (nSPS) is 21.8. The summed E-state index contributed by atoms with van der Waals surface area (Å²) in [4.78, 5) is 4.03. The quantitative estimate of drug-likeness (QED) is 0.764. The first-order valence-corrected chi connectivity index (χ1v) is 8.88. The number of pyridine rings is 1. The molecule has 1 fully saturated rings. The molecule has 1 heterocycles. The van der Waals surface area contributed by atoms with Crippen molar-refractivity contribution in [3.63, 3.8) is 0 Å². The monoisotopic (exact) mass is 313 g/mol. The largest absolute Gasteiger partial charge is 0.383 e. The summed E-state index contributed by atoms with van der Waals surface area (Å²) in [6, 6.07) is 3.40. The third-order valence-corrected chi connectivity index (χ3v) is 4.89. The van der Waals surface area contributed by atoms with Crippen LogP contribution in [0.5, 0.6) is 0 Å². The Morgan fingerprint density at radius 1 is 1.38 bits per heavy atom. The molecule has 2 rings (SSSR count). The van der Waals surface area contributed by atoms with Crippen molar-refractivity contribution in [2.75, 3.05) is 18.5 Å². The van der Waals surface area contributed by atoms with Gasteiger partial charge in [-0.2, -0.15) is 0 Å². The lowest BCUT2D eigenvalue weighted by atomic mass is 9.90. The summed E-state index contributed by atoms with van der Waals surface area (Å²) in [5, 5.41) is 3.17. The molecule has 0 aromatic carbocycles. The van der Waals surface area contributed by atoms with Crippen molar-refractivity contribution in [1.82, 2.24) is 9.71 Å². The van der Waals surface area contributed by atoms with E-state index in [0.29, 0.717) is 18.8 Å². The number of nitrogens with zero attached hydrogens (tertiary/aromatic N) is 1. The predicted molar refractivity (Wildman–Crippen MR) is 81.8 cm³/mol. The van der Waals surface area contributed by atoms with Gasteiger partial charge in [0, 0.05) is 25.4 Å². The molecule has 0 spiro atoms. The minimum atomic E-state index is -3.60. The topological polar surface area (TPSA) is 80.3 Å². The second-order valence-electron chi connectivity index (χ2n) is 5.15. The first kappa shape index (κ1) is 16.2. The fourth-order valence-corrected chi connectivity index (χ4v) is 3.68. The zero-order valence-electron chi connectivity index (χ0n) is 12.5. The van der Waals surface area contributed by atoms with Crippen molar-refractivity contribution in [3.05, 3.63) is 18.3 Å². The van der Waals surface area contributed by atoms with Crippen molar-refractivity contribution in [2.24, 2.45) is 0 Å². The second kappa shape index (κ2) is 7.20. The van der Waals surface area contributed by atoms with E-state index in [1.807, 2.05) is 13.8 Å². The van der Waals surface area contributed by atoms with Crippen LogP contribution in [-0.4, -0.2) is 38.7 Å². The first-order chi connectivity index (χ1) is 10.1. The molecule has 1 aromatic rings. The van der Waals surface area contributed by atoms with Gasteiger partial charge in [0.1, 0.15) is 0 Å². The van der Waals surface area contributed by atoms with Crippen LogP contribution in [0.2, 0.25) is 0 Å². The summed E-state index contributed by atoms with van der Waals surface area (Å²) in [5.74, 6) is 0. The van der Waals surface area contributed by atoms with E-state index in [2.05, 4.69) is 15.0 Å². The van der Waals surface area contributed by atoms with Gasteiger partial charge in [-0.1, -0.05) is 6.92 Å². The number of nitrogens with one attached hydrogen (secondary N) is 2. The van der Waals surface area contributed by atoms with Crippen LogP contribution in [0, 0.1) is 0 Å². The highest BCUT2D eigenvalue weighted by Crippen LogP contribution is 2.26. The molecule has 0 radical (unpaired) electrons. The minimum Gasteiger partial charge on any atom is -0.383 e.